The SMILES string of the molecule is CCOCC(NN)c1cnn(CC)c1. The molecule has 0 aromatic carbocycles. The second-order valence-electron chi connectivity index (χ2n) is 3.01. The third-order valence-corrected chi connectivity index (χ3v) is 2.07. The number of nitrogens with two attached hydrogens (primary N) is 1. The Morgan fingerprint density at radius 2 is 2.43 bits per heavy atom. The summed E-state index contributed by atoms with van der Waals surface area (Å²) in [6.07, 6.45) is 3.79. The fourth-order valence-corrected chi connectivity index (χ4v) is 1.21. The van der Waals surface area contributed by atoms with Crippen molar-refractivity contribution in [1.82, 2.24) is 15.2 Å². The van der Waals surface area contributed by atoms with Gasteiger partial charge in [-0.3, -0.25) is 16.0 Å². The van der Waals surface area contributed by atoms with Gasteiger partial charge in [0.1, 0.15) is 0 Å². The second kappa shape index (κ2) is 5.74. The van der Waals surface area contributed by atoms with Crippen molar-refractivity contribution in [2.45, 2.75) is 26.4 Å². The third-order valence-electron chi connectivity index (χ3n) is 2.07. The van der Waals surface area contributed by atoms with Crippen LogP contribution in [0.5, 0.6) is 0 Å². The Hall–Kier alpha value is -0.910. The minimum atomic E-state index is 0.0234. The van der Waals surface area contributed by atoms with E-state index in [9.17, 15) is 0 Å². The van der Waals surface area contributed by atoms with Gasteiger partial charge >= 0.3 is 0 Å². The van der Waals surface area contributed by atoms with Gasteiger partial charge in [0.2, 0.25) is 0 Å². The molecule has 14 heavy (non-hydrogen) atoms. The van der Waals surface area contributed by atoms with E-state index in [2.05, 4.69) is 10.5 Å². The Kier molecular flexibility index (Phi) is 4.58. The lowest BCUT2D eigenvalue weighted by molar-refractivity contribution is 0.123. The van der Waals surface area contributed by atoms with Crippen LogP contribution in [0.3, 0.4) is 0 Å². The minimum absolute atomic E-state index is 0.0234. The number of ether oxygens (including phenoxy) is 1. The minimum Gasteiger partial charge on any atom is -0.380 e. The van der Waals surface area contributed by atoms with Crippen molar-refractivity contribution in [3.05, 3.63) is 18.0 Å². The highest BCUT2D eigenvalue weighted by Gasteiger charge is 2.11. The number of aryl methyl sites for hydroxylation is 1. The number of hydrogen-bond donors (Lipinski definition) is 2. The summed E-state index contributed by atoms with van der Waals surface area (Å²) in [7, 11) is 0. The maximum absolute atomic E-state index is 5.43. The van der Waals surface area contributed by atoms with E-state index in [0.717, 1.165) is 12.1 Å². The lowest BCUT2D eigenvalue weighted by atomic mass is 10.2. The Morgan fingerprint density at radius 3 is 2.93 bits per heavy atom. The molecule has 0 radical (unpaired) electrons. The summed E-state index contributed by atoms with van der Waals surface area (Å²) in [6, 6.07) is 0.0234. The van der Waals surface area contributed by atoms with E-state index in [0.29, 0.717) is 13.2 Å². The molecule has 0 spiro atoms. The van der Waals surface area contributed by atoms with Crippen LogP contribution in [0.2, 0.25) is 0 Å². The molecule has 0 aliphatic heterocycles. The maximum atomic E-state index is 5.43. The molecule has 5 heteroatoms. The third kappa shape index (κ3) is 2.80. The fourth-order valence-electron chi connectivity index (χ4n) is 1.21. The van der Waals surface area contributed by atoms with Crippen molar-refractivity contribution in [3.8, 4) is 0 Å². The molecular formula is C9H18N4O. The van der Waals surface area contributed by atoms with Gasteiger partial charge < -0.3 is 4.74 Å². The first-order chi connectivity index (χ1) is 6.81. The van der Waals surface area contributed by atoms with E-state index >= 15 is 0 Å². The highest BCUT2D eigenvalue weighted by molar-refractivity contribution is 5.10. The van der Waals surface area contributed by atoms with E-state index in [4.69, 9.17) is 10.6 Å². The van der Waals surface area contributed by atoms with Gasteiger partial charge in [-0.25, -0.2) is 0 Å². The second-order valence-corrected chi connectivity index (χ2v) is 3.01. The zero-order valence-electron chi connectivity index (χ0n) is 8.73. The van der Waals surface area contributed by atoms with Crippen molar-refractivity contribution >= 4 is 0 Å². The highest BCUT2D eigenvalue weighted by Crippen LogP contribution is 2.10. The number of hydrogen-bond acceptors (Lipinski definition) is 4. The summed E-state index contributed by atoms with van der Waals surface area (Å²) in [5.41, 5.74) is 3.77. The van der Waals surface area contributed by atoms with E-state index < -0.39 is 0 Å². The molecule has 1 atom stereocenters. The van der Waals surface area contributed by atoms with Crippen molar-refractivity contribution < 1.29 is 4.74 Å². The first kappa shape index (κ1) is 11.2. The molecule has 0 aliphatic rings. The zero-order chi connectivity index (χ0) is 10.4. The van der Waals surface area contributed by atoms with Crippen LogP contribution in [0.4, 0.5) is 0 Å². The van der Waals surface area contributed by atoms with Crippen molar-refractivity contribution in [3.63, 3.8) is 0 Å². The van der Waals surface area contributed by atoms with Crippen molar-refractivity contribution in [1.29, 1.82) is 0 Å². The van der Waals surface area contributed by atoms with Gasteiger partial charge in [-0.05, 0) is 13.8 Å². The number of hydrazine groups is 1. The van der Waals surface area contributed by atoms with Crippen molar-refractivity contribution in [2.75, 3.05) is 13.2 Å². The lowest BCUT2D eigenvalue weighted by Gasteiger charge is -2.13. The largest absolute Gasteiger partial charge is 0.380 e. The monoisotopic (exact) mass is 198 g/mol. The van der Waals surface area contributed by atoms with Gasteiger partial charge in [0, 0.05) is 24.9 Å². The summed E-state index contributed by atoms with van der Waals surface area (Å²) < 4.78 is 7.17. The Balaban J connectivity index is 2.58. The zero-order valence-corrected chi connectivity index (χ0v) is 8.73. The van der Waals surface area contributed by atoms with Gasteiger partial charge in [0.25, 0.3) is 0 Å². The van der Waals surface area contributed by atoms with Gasteiger partial charge in [-0.15, -0.1) is 0 Å². The van der Waals surface area contributed by atoms with Gasteiger partial charge in [-0.2, -0.15) is 5.10 Å². The molecule has 0 amide bonds. The molecule has 0 fully saturated rings. The van der Waals surface area contributed by atoms with Gasteiger partial charge in [0.15, 0.2) is 0 Å². The number of nitrogens with one attached hydrogen (secondary N) is 1. The topological polar surface area (TPSA) is 65.1 Å². The standard InChI is InChI=1S/C9H18N4O/c1-3-13-6-8(5-11-13)9(12-10)7-14-4-2/h5-6,9,12H,3-4,7,10H2,1-2H3. The maximum Gasteiger partial charge on any atom is 0.0724 e. The quantitative estimate of drug-likeness (QED) is 0.514. The van der Waals surface area contributed by atoms with Crippen LogP contribution in [0.1, 0.15) is 25.5 Å². The summed E-state index contributed by atoms with van der Waals surface area (Å²) in [5.74, 6) is 5.43. The van der Waals surface area contributed by atoms with Gasteiger partial charge in [0.05, 0.1) is 18.8 Å². The molecule has 0 bridgehead atoms. The molecule has 80 valence electrons. The molecule has 1 aromatic rings. The number of nitrogens with zero attached hydrogens (tertiary/aromatic N) is 2. The average Bonchev–Trinajstić information content (AvgIpc) is 2.68. The van der Waals surface area contributed by atoms with Crippen LogP contribution in [0.25, 0.3) is 0 Å². The molecule has 1 unspecified atom stereocenters. The Bertz CT molecular complexity index is 261. The molecule has 1 aromatic heterocycles. The summed E-state index contributed by atoms with van der Waals surface area (Å²) in [6.45, 7) is 6.14. The van der Waals surface area contributed by atoms with Gasteiger partial charge in [-0.1, -0.05) is 0 Å². The molecule has 0 saturated carbocycles. The number of rotatable bonds is 6. The van der Waals surface area contributed by atoms with Crippen LogP contribution in [0, 0.1) is 0 Å². The van der Waals surface area contributed by atoms with E-state index in [1.165, 1.54) is 0 Å². The first-order valence-electron chi connectivity index (χ1n) is 4.88. The van der Waals surface area contributed by atoms with Crippen molar-refractivity contribution in [2.24, 2.45) is 5.84 Å². The summed E-state index contributed by atoms with van der Waals surface area (Å²) >= 11 is 0. The van der Waals surface area contributed by atoms with Crippen LogP contribution >= 0.6 is 0 Å². The Labute approximate surface area is 84.2 Å². The van der Waals surface area contributed by atoms with Crippen LogP contribution < -0.4 is 11.3 Å². The molecular weight excluding hydrogens is 180 g/mol. The predicted octanol–water partition coefficient (Wildman–Crippen LogP) is 0.444. The molecule has 1 rings (SSSR count). The van der Waals surface area contributed by atoms with E-state index in [-0.39, 0.29) is 6.04 Å². The van der Waals surface area contributed by atoms with Crippen LogP contribution in [-0.4, -0.2) is 23.0 Å². The summed E-state index contributed by atoms with van der Waals surface area (Å²) in [5, 5.41) is 4.18. The molecule has 0 saturated heterocycles. The van der Waals surface area contributed by atoms with Crippen LogP contribution in [-0.2, 0) is 11.3 Å². The molecule has 0 aliphatic carbocycles. The lowest BCUT2D eigenvalue weighted by Crippen LogP contribution is -2.31. The molecule has 1 heterocycles. The smallest absolute Gasteiger partial charge is 0.0724 e. The molecule has 3 N–H and O–H groups in total. The first-order valence-corrected chi connectivity index (χ1v) is 4.88. The summed E-state index contributed by atoms with van der Waals surface area (Å²) in [4.78, 5) is 0. The fraction of sp³-hybridized carbons (Fsp3) is 0.667. The van der Waals surface area contributed by atoms with E-state index in [1.807, 2.05) is 30.9 Å². The highest BCUT2D eigenvalue weighted by atomic mass is 16.5. The normalized spacial score (nSPS) is 13.1. The Morgan fingerprint density at radius 1 is 1.64 bits per heavy atom. The molecule has 5 nitrogen and oxygen atoms in total. The van der Waals surface area contributed by atoms with Crippen LogP contribution in [0.15, 0.2) is 12.4 Å². The van der Waals surface area contributed by atoms with E-state index in [1.54, 1.807) is 0 Å². The number of aromatic nitrogens is 2. The predicted molar refractivity (Wildman–Crippen MR) is 54.5 cm³/mol. The average molecular weight is 198 g/mol.